The third kappa shape index (κ3) is 3.95. The van der Waals surface area contributed by atoms with Crippen LogP contribution in [0.4, 0.5) is 5.13 Å². The fourth-order valence-electron chi connectivity index (χ4n) is 4.21. The minimum absolute atomic E-state index is 0.0170. The molecule has 0 radical (unpaired) electrons. The van der Waals surface area contributed by atoms with E-state index >= 15 is 0 Å². The first kappa shape index (κ1) is 23.0. The van der Waals surface area contributed by atoms with Gasteiger partial charge >= 0.3 is 0 Å². The van der Waals surface area contributed by atoms with E-state index in [0.29, 0.717) is 50.7 Å². The van der Waals surface area contributed by atoms with Gasteiger partial charge in [-0.1, -0.05) is 42.9 Å². The maximum atomic E-state index is 13.8. The predicted molar refractivity (Wildman–Crippen MR) is 134 cm³/mol. The maximum Gasteiger partial charge on any atom is 0.297 e. The molecule has 8 nitrogen and oxygen atoms in total. The Bertz CT molecular complexity index is 1510. The molecule has 3 heterocycles. The first-order valence-electron chi connectivity index (χ1n) is 11.3. The molecule has 5 rings (SSSR count). The van der Waals surface area contributed by atoms with Crippen LogP contribution in [-0.4, -0.2) is 29.8 Å². The number of anilines is 1. The fraction of sp³-hybridized carbons (Fsp3) is 0.308. The van der Waals surface area contributed by atoms with E-state index in [0.717, 1.165) is 5.56 Å². The van der Waals surface area contributed by atoms with Gasteiger partial charge in [-0.05, 0) is 49.6 Å². The average molecular weight is 492 g/mol. The third-order valence-electron chi connectivity index (χ3n) is 5.82. The normalized spacial score (nSPS) is 15.2. The number of nitrogens with zero attached hydrogens (tertiary/aromatic N) is 3. The number of benzene rings is 2. The summed E-state index contributed by atoms with van der Waals surface area (Å²) in [6.07, 6.45) is 0. The van der Waals surface area contributed by atoms with E-state index in [9.17, 15) is 9.59 Å². The summed E-state index contributed by atoms with van der Waals surface area (Å²) in [6, 6.07) is 10.0. The number of ether oxygens (including phenoxy) is 2. The topological polar surface area (TPSA) is 94.8 Å². The average Bonchev–Trinajstić information content (AvgIpc) is 3.39. The van der Waals surface area contributed by atoms with E-state index in [1.54, 1.807) is 31.4 Å². The molecule has 2 aromatic carbocycles. The number of fused-ring (bicyclic) bond motifs is 2. The number of amides is 1. The van der Waals surface area contributed by atoms with Crippen LogP contribution < -0.4 is 19.8 Å². The number of hydrogen-bond donors (Lipinski definition) is 0. The van der Waals surface area contributed by atoms with Crippen LogP contribution >= 0.6 is 11.3 Å². The van der Waals surface area contributed by atoms with Gasteiger partial charge in [0, 0.05) is 0 Å². The molecule has 0 N–H and O–H groups in total. The molecule has 1 atom stereocenters. The highest BCUT2D eigenvalue weighted by atomic mass is 32.1. The molecule has 1 amide bonds. The monoisotopic (exact) mass is 491 g/mol. The standard InChI is InChI=1S/C26H25N3O5S/c1-13(2)12-33-19-9-7-16(11-20(19)32-5)22-21-23(30)17-10-14(3)6-8-18(17)34-24(21)25(31)29(22)26-28-27-15(4)35-26/h6-11,13,22H,12H2,1-5H3. The van der Waals surface area contributed by atoms with Crippen molar-refractivity contribution >= 4 is 33.3 Å². The molecule has 4 aromatic rings. The molecular weight excluding hydrogens is 466 g/mol. The molecule has 0 bridgehead atoms. The fourth-order valence-corrected chi connectivity index (χ4v) is 4.93. The molecule has 9 heteroatoms. The number of carbonyl (C=O) groups excluding carboxylic acids is 1. The summed E-state index contributed by atoms with van der Waals surface area (Å²) in [5.74, 6) is 1.03. The highest BCUT2D eigenvalue weighted by Gasteiger charge is 2.45. The summed E-state index contributed by atoms with van der Waals surface area (Å²) in [7, 11) is 1.56. The highest BCUT2D eigenvalue weighted by molar-refractivity contribution is 7.15. The van der Waals surface area contributed by atoms with Gasteiger partial charge < -0.3 is 13.9 Å². The SMILES string of the molecule is COc1cc(C2c3c(oc4ccc(C)cc4c3=O)C(=O)N2c2nnc(C)s2)ccc1OCC(C)C. The van der Waals surface area contributed by atoms with Crippen molar-refractivity contribution in [3.8, 4) is 11.5 Å². The van der Waals surface area contributed by atoms with E-state index in [4.69, 9.17) is 13.9 Å². The van der Waals surface area contributed by atoms with Gasteiger partial charge in [0.05, 0.1) is 30.7 Å². The number of aromatic nitrogens is 2. The van der Waals surface area contributed by atoms with Gasteiger partial charge in [-0.2, -0.15) is 0 Å². The van der Waals surface area contributed by atoms with Crippen LogP contribution in [0.25, 0.3) is 11.0 Å². The van der Waals surface area contributed by atoms with Crippen molar-refractivity contribution in [1.82, 2.24) is 10.2 Å². The van der Waals surface area contributed by atoms with Crippen LogP contribution in [0.3, 0.4) is 0 Å². The highest BCUT2D eigenvalue weighted by Crippen LogP contribution is 2.44. The van der Waals surface area contributed by atoms with Crippen molar-refractivity contribution in [2.45, 2.75) is 33.7 Å². The summed E-state index contributed by atoms with van der Waals surface area (Å²) in [4.78, 5) is 28.9. The molecule has 2 aromatic heterocycles. The van der Waals surface area contributed by atoms with Crippen LogP contribution in [0.1, 0.15) is 52.1 Å². The van der Waals surface area contributed by atoms with Crippen LogP contribution in [0.15, 0.2) is 45.6 Å². The maximum absolute atomic E-state index is 13.8. The first-order chi connectivity index (χ1) is 16.8. The Morgan fingerprint density at radius 1 is 1.09 bits per heavy atom. The van der Waals surface area contributed by atoms with Crippen molar-refractivity contribution in [2.75, 3.05) is 18.6 Å². The van der Waals surface area contributed by atoms with Gasteiger partial charge in [0.25, 0.3) is 5.91 Å². The number of aryl methyl sites for hydroxylation is 2. The number of hydrogen-bond acceptors (Lipinski definition) is 8. The van der Waals surface area contributed by atoms with E-state index in [1.807, 2.05) is 26.0 Å². The van der Waals surface area contributed by atoms with Crippen molar-refractivity contribution < 1.29 is 18.7 Å². The molecule has 35 heavy (non-hydrogen) atoms. The predicted octanol–water partition coefficient (Wildman–Crippen LogP) is 5.05. The zero-order valence-corrected chi connectivity index (χ0v) is 20.9. The lowest BCUT2D eigenvalue weighted by Gasteiger charge is -2.23. The van der Waals surface area contributed by atoms with Crippen LogP contribution in [0.2, 0.25) is 0 Å². The third-order valence-corrected chi connectivity index (χ3v) is 6.66. The molecule has 1 unspecified atom stereocenters. The molecule has 180 valence electrons. The van der Waals surface area contributed by atoms with E-state index < -0.39 is 11.9 Å². The molecule has 0 aliphatic carbocycles. The lowest BCUT2D eigenvalue weighted by molar-refractivity contribution is 0.0970. The van der Waals surface area contributed by atoms with Crippen molar-refractivity contribution in [3.63, 3.8) is 0 Å². The summed E-state index contributed by atoms with van der Waals surface area (Å²) in [6.45, 7) is 8.38. The minimum Gasteiger partial charge on any atom is -0.493 e. The van der Waals surface area contributed by atoms with Crippen molar-refractivity contribution in [2.24, 2.45) is 5.92 Å². The van der Waals surface area contributed by atoms with Crippen LogP contribution in [0, 0.1) is 19.8 Å². The Morgan fingerprint density at radius 3 is 2.57 bits per heavy atom. The largest absolute Gasteiger partial charge is 0.493 e. The molecule has 0 spiro atoms. The first-order valence-corrected chi connectivity index (χ1v) is 12.1. The van der Waals surface area contributed by atoms with Crippen molar-refractivity contribution in [3.05, 3.63) is 74.1 Å². The second-order valence-corrected chi connectivity index (χ2v) is 10.1. The number of rotatable bonds is 6. The lowest BCUT2D eigenvalue weighted by atomic mass is 9.98. The summed E-state index contributed by atoms with van der Waals surface area (Å²) in [5, 5.41) is 9.82. The zero-order valence-electron chi connectivity index (χ0n) is 20.1. The number of methoxy groups -OCH3 is 1. The van der Waals surface area contributed by atoms with Gasteiger partial charge in [-0.3, -0.25) is 14.5 Å². The van der Waals surface area contributed by atoms with Gasteiger partial charge in [-0.25, -0.2) is 0 Å². The molecular formula is C26H25N3O5S. The summed E-state index contributed by atoms with van der Waals surface area (Å²) >= 11 is 1.28. The van der Waals surface area contributed by atoms with Crippen molar-refractivity contribution in [1.29, 1.82) is 0 Å². The quantitative estimate of drug-likeness (QED) is 0.372. The molecule has 0 fully saturated rings. The zero-order chi connectivity index (χ0) is 24.9. The molecule has 0 saturated carbocycles. The van der Waals surface area contributed by atoms with Gasteiger partial charge in [-0.15, -0.1) is 10.2 Å². The Kier molecular flexibility index (Phi) is 5.80. The van der Waals surface area contributed by atoms with E-state index in [-0.39, 0.29) is 16.8 Å². The van der Waals surface area contributed by atoms with E-state index in [1.165, 1.54) is 16.2 Å². The number of carbonyl (C=O) groups is 1. The smallest absolute Gasteiger partial charge is 0.297 e. The molecule has 1 aliphatic rings. The Morgan fingerprint density at radius 2 is 1.89 bits per heavy atom. The van der Waals surface area contributed by atoms with Crippen LogP contribution in [0.5, 0.6) is 11.5 Å². The van der Waals surface area contributed by atoms with Gasteiger partial charge in [0.1, 0.15) is 10.6 Å². The Labute approximate surface area is 206 Å². The summed E-state index contributed by atoms with van der Waals surface area (Å²) < 4.78 is 17.5. The summed E-state index contributed by atoms with van der Waals surface area (Å²) in [5.41, 5.74) is 2.01. The minimum atomic E-state index is -0.751. The van der Waals surface area contributed by atoms with Crippen LogP contribution in [-0.2, 0) is 0 Å². The van der Waals surface area contributed by atoms with Gasteiger partial charge in [0.2, 0.25) is 10.9 Å². The van der Waals surface area contributed by atoms with E-state index in [2.05, 4.69) is 24.0 Å². The Balaban J connectivity index is 1.72. The lowest BCUT2D eigenvalue weighted by Crippen LogP contribution is -2.29. The Hall–Kier alpha value is -3.72. The molecule has 0 saturated heterocycles. The van der Waals surface area contributed by atoms with Gasteiger partial charge in [0.15, 0.2) is 16.9 Å². The second kappa shape index (κ2) is 8.81. The second-order valence-electron chi connectivity index (χ2n) is 8.97. The molecule has 1 aliphatic heterocycles.